The molecule has 1 spiro atoms. The lowest BCUT2D eigenvalue weighted by atomic mass is 9.69. The van der Waals surface area contributed by atoms with Crippen molar-refractivity contribution < 1.29 is 9.59 Å². The van der Waals surface area contributed by atoms with Gasteiger partial charge in [-0.2, -0.15) is 5.21 Å². The minimum absolute atomic E-state index is 0.0985. The summed E-state index contributed by atoms with van der Waals surface area (Å²) in [6.45, 7) is 7.35. The van der Waals surface area contributed by atoms with Crippen molar-refractivity contribution in [1.29, 1.82) is 0 Å². The summed E-state index contributed by atoms with van der Waals surface area (Å²) in [5.74, 6) is 0.259. The van der Waals surface area contributed by atoms with Gasteiger partial charge in [0.25, 0.3) is 17.8 Å². The monoisotopic (exact) mass is 567 g/mol. The van der Waals surface area contributed by atoms with Crippen molar-refractivity contribution >= 4 is 46.7 Å². The molecule has 0 saturated heterocycles. The molecule has 1 saturated carbocycles. The lowest BCUT2D eigenvalue weighted by Crippen LogP contribution is -2.50. The zero-order chi connectivity index (χ0) is 27.8. The van der Waals surface area contributed by atoms with Gasteiger partial charge >= 0.3 is 0 Å². The smallest absolute Gasteiger partial charge is 0.274 e. The van der Waals surface area contributed by atoms with Crippen LogP contribution in [0.3, 0.4) is 0 Å². The molecule has 2 N–H and O–H groups in total. The highest BCUT2D eigenvalue weighted by Gasteiger charge is 2.49. The van der Waals surface area contributed by atoms with E-state index in [0.29, 0.717) is 45.8 Å². The zero-order valence-corrected chi connectivity index (χ0v) is 23.7. The number of hydrogen-bond donors (Lipinski definition) is 2. The maximum Gasteiger partial charge on any atom is 0.274 e. The number of benzene rings is 2. The normalized spacial score (nSPS) is 21.4. The maximum absolute atomic E-state index is 13.8. The van der Waals surface area contributed by atoms with Crippen LogP contribution in [0.5, 0.6) is 0 Å². The Labute approximate surface area is 237 Å². The van der Waals surface area contributed by atoms with E-state index in [1.807, 2.05) is 17.0 Å². The Kier molecular flexibility index (Phi) is 7.48. The largest absolute Gasteiger partial charge is 0.312 e. The van der Waals surface area contributed by atoms with E-state index in [2.05, 4.69) is 46.7 Å². The number of carbonyl (C=O) groups excluding carboxylic acids is 2. The van der Waals surface area contributed by atoms with Gasteiger partial charge in [-0.05, 0) is 84.5 Å². The molecule has 0 radical (unpaired) electrons. The van der Waals surface area contributed by atoms with Crippen molar-refractivity contribution in [2.24, 2.45) is 16.3 Å². The molecule has 1 aliphatic heterocycles. The predicted molar refractivity (Wildman–Crippen MR) is 151 cm³/mol. The molecule has 204 valence electrons. The molecule has 2 aromatic carbocycles. The van der Waals surface area contributed by atoms with E-state index >= 15 is 0 Å². The fourth-order valence-electron chi connectivity index (χ4n) is 5.60. The number of nitrogens with zero attached hydrogens (tertiary/aromatic N) is 5. The fourth-order valence-corrected chi connectivity index (χ4v) is 6.13. The second kappa shape index (κ2) is 10.7. The third-order valence-corrected chi connectivity index (χ3v) is 8.26. The molecule has 39 heavy (non-hydrogen) atoms. The Bertz CT molecular complexity index is 1370. The van der Waals surface area contributed by atoms with Crippen molar-refractivity contribution in [2.75, 3.05) is 11.9 Å². The van der Waals surface area contributed by atoms with Crippen LogP contribution in [0.1, 0.15) is 67.9 Å². The molecule has 0 atom stereocenters. The van der Waals surface area contributed by atoms with Crippen LogP contribution in [-0.4, -0.2) is 55.3 Å². The summed E-state index contributed by atoms with van der Waals surface area (Å²) in [6, 6.07) is 12.4. The maximum atomic E-state index is 13.8. The average molecular weight is 569 g/mol. The number of tetrazole rings is 1. The van der Waals surface area contributed by atoms with Crippen LogP contribution < -0.4 is 5.32 Å². The Balaban J connectivity index is 1.34. The molecule has 0 unspecified atom stereocenters. The van der Waals surface area contributed by atoms with Gasteiger partial charge in [-0.25, -0.2) is 0 Å². The topological polar surface area (TPSA) is 116 Å². The molecule has 0 bridgehead atoms. The number of carbonyl (C=O) groups is 2. The number of amides is 2. The molecule has 5 rings (SSSR count). The number of rotatable bonds is 6. The van der Waals surface area contributed by atoms with Gasteiger partial charge in [0.05, 0.1) is 0 Å². The molecule has 1 aromatic heterocycles. The van der Waals surface area contributed by atoms with Gasteiger partial charge in [-0.3, -0.25) is 19.9 Å². The second-order valence-corrected chi connectivity index (χ2v) is 12.2. The first kappa shape index (κ1) is 27.3. The third-order valence-electron chi connectivity index (χ3n) is 7.83. The number of halogens is 2. The van der Waals surface area contributed by atoms with Crippen LogP contribution in [0, 0.1) is 11.3 Å². The first-order chi connectivity index (χ1) is 18.5. The Morgan fingerprint density at radius 2 is 1.77 bits per heavy atom. The average Bonchev–Trinajstić information content (AvgIpc) is 3.48. The molecule has 9 nitrogen and oxygen atoms in total. The van der Waals surface area contributed by atoms with Crippen molar-refractivity contribution in [3.8, 4) is 0 Å². The number of aromatic amines is 1. The highest BCUT2D eigenvalue weighted by molar-refractivity contribution is 6.47. The van der Waals surface area contributed by atoms with Crippen molar-refractivity contribution in [3.63, 3.8) is 0 Å². The first-order valence-corrected chi connectivity index (χ1v) is 13.8. The summed E-state index contributed by atoms with van der Waals surface area (Å²) in [4.78, 5) is 33.3. The second-order valence-electron chi connectivity index (χ2n) is 11.3. The number of anilines is 1. The number of aliphatic imine (C=N–C) groups is 1. The van der Waals surface area contributed by atoms with Crippen molar-refractivity contribution in [2.45, 2.75) is 58.5 Å². The van der Waals surface area contributed by atoms with Crippen LogP contribution in [0.4, 0.5) is 5.95 Å². The highest BCUT2D eigenvalue weighted by Crippen LogP contribution is 2.46. The number of nitrogens with one attached hydrogen (secondary N) is 2. The van der Waals surface area contributed by atoms with Gasteiger partial charge in [0.15, 0.2) is 0 Å². The molecule has 2 aliphatic rings. The van der Waals surface area contributed by atoms with E-state index in [1.54, 1.807) is 30.3 Å². The quantitative estimate of drug-likeness (QED) is 0.404. The van der Waals surface area contributed by atoms with Gasteiger partial charge in [-0.1, -0.05) is 61.2 Å². The van der Waals surface area contributed by atoms with Crippen LogP contribution in [0.25, 0.3) is 0 Å². The Hall–Kier alpha value is -3.30. The molecular formula is C28H31Cl2N7O2. The predicted octanol–water partition coefficient (Wildman–Crippen LogP) is 5.57. The minimum atomic E-state index is -0.576. The number of aromatic nitrogens is 4. The van der Waals surface area contributed by atoms with Crippen molar-refractivity contribution in [1.82, 2.24) is 25.5 Å². The standard InChI is InChI=1S/C28H31Cl2N7O2/c1-27(2,3)20-8-11-28(12-9-20)32-23(19-14-21(29)16-22(30)15-19)25(39)37(28)13-10-17-4-6-18(7-5-17)24(38)31-26-33-35-36-34-26/h4-7,14-16,20H,8-13H2,1-3H3,(H2,31,33,34,35,36,38). The molecule has 2 amide bonds. The van der Waals surface area contributed by atoms with Crippen LogP contribution >= 0.6 is 23.2 Å². The van der Waals surface area contributed by atoms with E-state index in [1.165, 1.54) is 0 Å². The SMILES string of the molecule is CC(C)(C)C1CCC2(CC1)N=C(c1cc(Cl)cc(Cl)c1)C(=O)N2CCc1ccc(C(=O)Nc2nn[nH]n2)cc1. The van der Waals surface area contributed by atoms with Crippen LogP contribution in [-0.2, 0) is 11.2 Å². The summed E-state index contributed by atoms with van der Waals surface area (Å²) in [6.07, 6.45) is 4.26. The summed E-state index contributed by atoms with van der Waals surface area (Å²) in [5, 5.41) is 16.7. The fraction of sp³-hybridized carbons (Fsp3) is 0.429. The van der Waals surface area contributed by atoms with Gasteiger partial charge < -0.3 is 4.90 Å². The third kappa shape index (κ3) is 5.84. The van der Waals surface area contributed by atoms with E-state index < -0.39 is 5.66 Å². The van der Waals surface area contributed by atoms with Gasteiger partial charge in [0.1, 0.15) is 11.4 Å². The van der Waals surface area contributed by atoms with Gasteiger partial charge in [-0.15, -0.1) is 5.10 Å². The van der Waals surface area contributed by atoms with Crippen LogP contribution in [0.15, 0.2) is 47.5 Å². The van der Waals surface area contributed by atoms with Gasteiger partial charge in [0.2, 0.25) is 0 Å². The molecule has 1 fully saturated rings. The number of hydrogen-bond acceptors (Lipinski definition) is 6. The molecule has 11 heteroatoms. The molecule has 2 heterocycles. The molecule has 3 aromatic rings. The van der Waals surface area contributed by atoms with Crippen LogP contribution in [0.2, 0.25) is 10.0 Å². The first-order valence-electron chi connectivity index (χ1n) is 13.1. The Morgan fingerprint density at radius 3 is 2.36 bits per heavy atom. The summed E-state index contributed by atoms with van der Waals surface area (Å²) in [5.41, 5.74) is 2.18. The molecular weight excluding hydrogens is 537 g/mol. The van der Waals surface area contributed by atoms with Gasteiger partial charge in [0, 0.05) is 27.7 Å². The van der Waals surface area contributed by atoms with Crippen molar-refractivity contribution in [3.05, 3.63) is 69.2 Å². The summed E-state index contributed by atoms with van der Waals surface area (Å²) >= 11 is 12.5. The number of H-pyrrole nitrogens is 1. The zero-order valence-electron chi connectivity index (χ0n) is 22.2. The molecule has 1 aliphatic carbocycles. The highest BCUT2D eigenvalue weighted by atomic mass is 35.5. The summed E-state index contributed by atoms with van der Waals surface area (Å²) < 4.78 is 0. The lowest BCUT2D eigenvalue weighted by Gasteiger charge is -2.45. The van der Waals surface area contributed by atoms with E-state index in [9.17, 15) is 9.59 Å². The van der Waals surface area contributed by atoms with E-state index in [4.69, 9.17) is 28.2 Å². The Morgan fingerprint density at radius 1 is 1.10 bits per heavy atom. The van der Waals surface area contributed by atoms with E-state index in [-0.39, 0.29) is 23.2 Å². The minimum Gasteiger partial charge on any atom is -0.312 e. The summed E-state index contributed by atoms with van der Waals surface area (Å²) in [7, 11) is 0. The lowest BCUT2D eigenvalue weighted by molar-refractivity contribution is -0.129. The van der Waals surface area contributed by atoms with E-state index in [0.717, 1.165) is 31.2 Å².